The molecule has 0 aliphatic carbocycles. The molecule has 0 aliphatic heterocycles. The van der Waals surface area contributed by atoms with Crippen molar-refractivity contribution < 1.29 is 17.9 Å². The van der Waals surface area contributed by atoms with E-state index in [1.165, 1.54) is 11.3 Å². The first kappa shape index (κ1) is 23.6. The number of amides is 1. The van der Waals surface area contributed by atoms with Crippen molar-refractivity contribution in [2.45, 2.75) is 31.2 Å². The van der Waals surface area contributed by atoms with Crippen LogP contribution in [0, 0.1) is 6.92 Å². The van der Waals surface area contributed by atoms with E-state index in [4.69, 9.17) is 4.74 Å². The van der Waals surface area contributed by atoms with Crippen LogP contribution in [0.3, 0.4) is 0 Å². The third kappa shape index (κ3) is 5.99. The van der Waals surface area contributed by atoms with Gasteiger partial charge in [-0.1, -0.05) is 29.0 Å². The largest absolute Gasteiger partial charge is 0.497 e. The number of sulfone groups is 1. The quantitative estimate of drug-likeness (QED) is 0.463. The standard InChI is InChI=1S/C22H26N2O4S3/c1-16-6-9-18(10-7-16)31(26,27)14-4-5-21(25)23-22-24(12-13-29-3)19-11-8-17(28-2)15-20(19)30-22/h6-11,15H,4-5,12-14H2,1-3H3. The van der Waals surface area contributed by atoms with Crippen molar-refractivity contribution in [3.8, 4) is 5.75 Å². The molecule has 1 amide bonds. The maximum absolute atomic E-state index is 12.5. The minimum absolute atomic E-state index is 0.0760. The van der Waals surface area contributed by atoms with Crippen molar-refractivity contribution >= 4 is 49.1 Å². The fraction of sp³-hybridized carbons (Fsp3) is 0.364. The Bertz CT molecular complexity index is 1230. The van der Waals surface area contributed by atoms with Gasteiger partial charge >= 0.3 is 0 Å². The van der Waals surface area contributed by atoms with E-state index in [-0.39, 0.29) is 29.4 Å². The summed E-state index contributed by atoms with van der Waals surface area (Å²) in [5, 5.41) is 0. The van der Waals surface area contributed by atoms with Gasteiger partial charge in [0.1, 0.15) is 5.75 Å². The molecule has 2 aromatic carbocycles. The fourth-order valence-electron chi connectivity index (χ4n) is 3.10. The van der Waals surface area contributed by atoms with Crippen LogP contribution in [-0.4, -0.2) is 43.8 Å². The summed E-state index contributed by atoms with van der Waals surface area (Å²) in [5.41, 5.74) is 2.01. The molecule has 0 unspecified atom stereocenters. The number of hydrogen-bond acceptors (Lipinski definition) is 6. The fourth-order valence-corrected chi connectivity index (χ4v) is 5.88. The molecule has 0 atom stereocenters. The van der Waals surface area contributed by atoms with Crippen molar-refractivity contribution in [2.75, 3.05) is 24.9 Å². The molecule has 31 heavy (non-hydrogen) atoms. The second-order valence-corrected chi connectivity index (χ2v) is 11.2. The summed E-state index contributed by atoms with van der Waals surface area (Å²) in [6.07, 6.45) is 2.36. The molecule has 0 spiro atoms. The molecule has 6 nitrogen and oxygen atoms in total. The van der Waals surface area contributed by atoms with E-state index in [0.29, 0.717) is 4.80 Å². The van der Waals surface area contributed by atoms with Crippen LogP contribution in [0.4, 0.5) is 0 Å². The number of methoxy groups -OCH3 is 1. The molecule has 0 saturated heterocycles. The highest BCUT2D eigenvalue weighted by atomic mass is 32.2. The third-order valence-electron chi connectivity index (χ3n) is 4.81. The van der Waals surface area contributed by atoms with E-state index in [0.717, 1.165) is 33.8 Å². The molecule has 9 heteroatoms. The number of hydrogen-bond donors (Lipinski definition) is 0. The van der Waals surface area contributed by atoms with Crippen LogP contribution in [0.5, 0.6) is 5.75 Å². The van der Waals surface area contributed by atoms with E-state index >= 15 is 0 Å². The van der Waals surface area contributed by atoms with Crippen LogP contribution in [-0.2, 0) is 21.2 Å². The maximum Gasteiger partial charge on any atom is 0.248 e. The van der Waals surface area contributed by atoms with Gasteiger partial charge in [0.05, 0.1) is 28.0 Å². The average molecular weight is 479 g/mol. The lowest BCUT2D eigenvalue weighted by molar-refractivity contribution is -0.118. The van der Waals surface area contributed by atoms with Gasteiger partial charge in [0, 0.05) is 18.7 Å². The number of ether oxygens (including phenoxy) is 1. The molecule has 0 saturated carbocycles. The summed E-state index contributed by atoms with van der Waals surface area (Å²) in [4.78, 5) is 17.7. The van der Waals surface area contributed by atoms with Gasteiger partial charge in [0.15, 0.2) is 14.6 Å². The average Bonchev–Trinajstić information content (AvgIpc) is 3.08. The van der Waals surface area contributed by atoms with Gasteiger partial charge in [-0.15, -0.1) is 0 Å². The first-order valence-corrected chi connectivity index (χ1v) is 13.7. The van der Waals surface area contributed by atoms with Crippen molar-refractivity contribution in [1.82, 2.24) is 4.57 Å². The zero-order chi connectivity index (χ0) is 22.4. The smallest absolute Gasteiger partial charge is 0.248 e. The zero-order valence-electron chi connectivity index (χ0n) is 17.8. The Balaban J connectivity index is 1.76. The number of thioether (sulfide) groups is 1. The molecule has 3 rings (SSSR count). The molecule has 166 valence electrons. The van der Waals surface area contributed by atoms with E-state index in [9.17, 15) is 13.2 Å². The number of aryl methyl sites for hydroxylation is 2. The van der Waals surface area contributed by atoms with E-state index in [1.807, 2.05) is 35.9 Å². The first-order chi connectivity index (χ1) is 14.8. The van der Waals surface area contributed by atoms with Gasteiger partial charge in [-0.2, -0.15) is 16.8 Å². The second kappa shape index (κ2) is 10.5. The Morgan fingerprint density at radius 1 is 1.19 bits per heavy atom. The van der Waals surface area contributed by atoms with Gasteiger partial charge in [-0.25, -0.2) is 8.42 Å². The van der Waals surface area contributed by atoms with Crippen LogP contribution in [0.2, 0.25) is 0 Å². The Kier molecular flexibility index (Phi) is 7.96. The van der Waals surface area contributed by atoms with Crippen LogP contribution >= 0.6 is 23.1 Å². The molecule has 0 radical (unpaired) electrons. The van der Waals surface area contributed by atoms with Gasteiger partial charge in [-0.05, 0) is 49.9 Å². The second-order valence-electron chi connectivity index (χ2n) is 7.10. The Hall–Kier alpha value is -2.10. The summed E-state index contributed by atoms with van der Waals surface area (Å²) in [5.74, 6) is 1.27. The highest BCUT2D eigenvalue weighted by Crippen LogP contribution is 2.23. The number of benzene rings is 2. The number of rotatable bonds is 9. The van der Waals surface area contributed by atoms with Crippen LogP contribution in [0.15, 0.2) is 52.4 Å². The SMILES string of the molecule is COc1ccc2c(c1)sc(=NC(=O)CCCS(=O)(=O)c1ccc(C)cc1)n2CCSC. The topological polar surface area (TPSA) is 77.7 Å². The van der Waals surface area contributed by atoms with Gasteiger partial charge in [-0.3, -0.25) is 4.79 Å². The normalized spacial score (nSPS) is 12.4. The minimum Gasteiger partial charge on any atom is -0.497 e. The van der Waals surface area contributed by atoms with Crippen molar-refractivity contribution in [2.24, 2.45) is 4.99 Å². The van der Waals surface area contributed by atoms with Crippen molar-refractivity contribution in [1.29, 1.82) is 0 Å². The van der Waals surface area contributed by atoms with Gasteiger partial charge in [0.25, 0.3) is 0 Å². The lowest BCUT2D eigenvalue weighted by Crippen LogP contribution is -2.18. The monoisotopic (exact) mass is 478 g/mol. The molecule has 0 aliphatic rings. The third-order valence-corrected chi connectivity index (χ3v) is 8.26. The van der Waals surface area contributed by atoms with Crippen LogP contribution < -0.4 is 9.54 Å². The number of carbonyl (C=O) groups is 1. The Morgan fingerprint density at radius 2 is 1.94 bits per heavy atom. The molecular formula is C22H26N2O4S3. The van der Waals surface area contributed by atoms with Crippen molar-refractivity contribution in [3.05, 3.63) is 52.8 Å². The number of nitrogens with zero attached hydrogens (tertiary/aromatic N) is 2. The molecule has 0 fully saturated rings. The highest BCUT2D eigenvalue weighted by Gasteiger charge is 2.15. The first-order valence-electron chi connectivity index (χ1n) is 9.87. The van der Waals surface area contributed by atoms with Crippen molar-refractivity contribution in [3.63, 3.8) is 0 Å². The van der Waals surface area contributed by atoms with Gasteiger partial charge < -0.3 is 9.30 Å². The zero-order valence-corrected chi connectivity index (χ0v) is 20.3. The lowest BCUT2D eigenvalue weighted by Gasteiger charge is -2.05. The Labute approximate surface area is 190 Å². The number of fused-ring (bicyclic) bond motifs is 1. The summed E-state index contributed by atoms with van der Waals surface area (Å²) < 4.78 is 33.3. The number of carbonyl (C=O) groups excluding carboxylic acids is 1. The van der Waals surface area contributed by atoms with Crippen LogP contribution in [0.25, 0.3) is 10.2 Å². The number of aromatic nitrogens is 1. The van der Waals surface area contributed by atoms with E-state index in [1.54, 1.807) is 43.1 Å². The molecule has 0 N–H and O–H groups in total. The minimum atomic E-state index is -3.41. The van der Waals surface area contributed by atoms with Crippen LogP contribution in [0.1, 0.15) is 18.4 Å². The summed E-state index contributed by atoms with van der Waals surface area (Å²) in [6, 6.07) is 12.6. The highest BCUT2D eigenvalue weighted by molar-refractivity contribution is 7.98. The lowest BCUT2D eigenvalue weighted by atomic mass is 10.2. The molecule has 0 bridgehead atoms. The molecule has 1 aromatic heterocycles. The summed E-state index contributed by atoms with van der Waals surface area (Å²) >= 11 is 3.16. The molecule has 1 heterocycles. The van der Waals surface area contributed by atoms with E-state index < -0.39 is 9.84 Å². The predicted molar refractivity (Wildman–Crippen MR) is 128 cm³/mol. The van der Waals surface area contributed by atoms with E-state index in [2.05, 4.69) is 4.99 Å². The predicted octanol–water partition coefficient (Wildman–Crippen LogP) is 4.06. The Morgan fingerprint density at radius 3 is 2.61 bits per heavy atom. The summed E-state index contributed by atoms with van der Waals surface area (Å²) in [7, 11) is -1.79. The summed E-state index contributed by atoms with van der Waals surface area (Å²) in [6.45, 7) is 2.65. The maximum atomic E-state index is 12.5. The van der Waals surface area contributed by atoms with Gasteiger partial charge in [0.2, 0.25) is 5.91 Å². The molecular weight excluding hydrogens is 452 g/mol. The molecule has 3 aromatic rings. The number of thiazole rings is 1.